The molecule has 0 spiro atoms. The number of nitrogens with zero attached hydrogens (tertiary/aromatic N) is 1. The van der Waals surface area contributed by atoms with Gasteiger partial charge in [-0.05, 0) is 12.1 Å². The SMILES string of the molecule is COC(=O)C[C@@H]1C(=O)NCCN1C(=O)c1cc(F)cc(F)c1. The van der Waals surface area contributed by atoms with Crippen molar-refractivity contribution < 1.29 is 27.9 Å². The Kier molecular flexibility index (Phi) is 4.69. The molecule has 0 aliphatic carbocycles. The zero-order valence-corrected chi connectivity index (χ0v) is 11.8. The van der Waals surface area contributed by atoms with E-state index >= 15 is 0 Å². The number of amides is 2. The maximum absolute atomic E-state index is 13.2. The third-order valence-electron chi connectivity index (χ3n) is 3.29. The second kappa shape index (κ2) is 6.50. The molecule has 1 fully saturated rings. The fraction of sp³-hybridized carbons (Fsp3) is 0.357. The highest BCUT2D eigenvalue weighted by atomic mass is 19.1. The predicted octanol–water partition coefficient (Wildman–Crippen LogP) is 0.469. The van der Waals surface area contributed by atoms with Crippen molar-refractivity contribution in [2.75, 3.05) is 20.2 Å². The van der Waals surface area contributed by atoms with Gasteiger partial charge in [0.25, 0.3) is 5.91 Å². The lowest BCUT2D eigenvalue weighted by atomic mass is 10.1. The van der Waals surface area contributed by atoms with Crippen LogP contribution in [0.1, 0.15) is 16.8 Å². The number of esters is 1. The number of rotatable bonds is 3. The molecule has 0 saturated carbocycles. The fourth-order valence-corrected chi connectivity index (χ4v) is 2.25. The zero-order valence-electron chi connectivity index (χ0n) is 11.8. The minimum Gasteiger partial charge on any atom is -0.469 e. The average Bonchev–Trinajstić information content (AvgIpc) is 2.47. The molecule has 2 amide bonds. The topological polar surface area (TPSA) is 75.7 Å². The summed E-state index contributed by atoms with van der Waals surface area (Å²) in [6, 6.07) is 1.34. The maximum Gasteiger partial charge on any atom is 0.308 e. The minimum atomic E-state index is -1.07. The standard InChI is InChI=1S/C14H14F2N2O4/c1-22-12(19)7-11-13(20)17-2-3-18(11)14(21)8-4-9(15)6-10(16)5-8/h4-6,11H,2-3,7H2,1H3,(H,17,20)/t11-/m1/s1. The molecule has 118 valence electrons. The van der Waals surface area contributed by atoms with Crippen molar-refractivity contribution >= 4 is 17.8 Å². The van der Waals surface area contributed by atoms with Crippen LogP contribution in [0.25, 0.3) is 0 Å². The van der Waals surface area contributed by atoms with Crippen molar-refractivity contribution in [2.45, 2.75) is 12.5 Å². The van der Waals surface area contributed by atoms with Crippen molar-refractivity contribution in [3.63, 3.8) is 0 Å². The highest BCUT2D eigenvalue weighted by Gasteiger charge is 2.35. The number of carbonyl (C=O) groups is 3. The maximum atomic E-state index is 13.2. The van der Waals surface area contributed by atoms with Crippen LogP contribution in [0.5, 0.6) is 0 Å². The van der Waals surface area contributed by atoms with Gasteiger partial charge in [0.1, 0.15) is 17.7 Å². The fourth-order valence-electron chi connectivity index (χ4n) is 2.25. The van der Waals surface area contributed by atoms with Crippen LogP contribution in [-0.2, 0) is 14.3 Å². The van der Waals surface area contributed by atoms with E-state index in [0.29, 0.717) is 6.07 Å². The Bertz CT molecular complexity index is 601. The van der Waals surface area contributed by atoms with E-state index in [1.54, 1.807) is 0 Å². The smallest absolute Gasteiger partial charge is 0.308 e. The van der Waals surface area contributed by atoms with E-state index in [1.165, 1.54) is 0 Å². The molecule has 1 aliphatic rings. The Morgan fingerprint density at radius 2 is 1.95 bits per heavy atom. The molecule has 0 unspecified atom stereocenters. The summed E-state index contributed by atoms with van der Waals surface area (Å²) in [5.41, 5.74) is -0.220. The molecule has 0 aromatic heterocycles. The van der Waals surface area contributed by atoms with E-state index in [-0.39, 0.29) is 25.1 Å². The largest absolute Gasteiger partial charge is 0.469 e. The number of ether oxygens (including phenoxy) is 1. The highest BCUT2D eigenvalue weighted by molar-refractivity contribution is 5.99. The normalized spacial score (nSPS) is 17.9. The van der Waals surface area contributed by atoms with E-state index in [2.05, 4.69) is 10.1 Å². The van der Waals surface area contributed by atoms with Gasteiger partial charge in [-0.3, -0.25) is 14.4 Å². The molecule has 1 aromatic carbocycles. The van der Waals surface area contributed by atoms with Gasteiger partial charge < -0.3 is 15.0 Å². The van der Waals surface area contributed by atoms with Gasteiger partial charge >= 0.3 is 5.97 Å². The summed E-state index contributed by atoms with van der Waals surface area (Å²) >= 11 is 0. The predicted molar refractivity (Wildman–Crippen MR) is 70.8 cm³/mol. The van der Waals surface area contributed by atoms with Crippen molar-refractivity contribution in [1.82, 2.24) is 10.2 Å². The zero-order chi connectivity index (χ0) is 16.3. The molecular weight excluding hydrogens is 298 g/mol. The van der Waals surface area contributed by atoms with E-state index in [4.69, 9.17) is 0 Å². The first kappa shape index (κ1) is 15.9. The van der Waals surface area contributed by atoms with Crippen molar-refractivity contribution in [1.29, 1.82) is 0 Å². The van der Waals surface area contributed by atoms with Gasteiger partial charge in [0.05, 0.1) is 13.5 Å². The summed E-state index contributed by atoms with van der Waals surface area (Å²) in [5.74, 6) is -3.68. The molecule has 1 aliphatic heterocycles. The molecule has 1 saturated heterocycles. The number of benzene rings is 1. The monoisotopic (exact) mass is 312 g/mol. The van der Waals surface area contributed by atoms with Gasteiger partial charge in [-0.15, -0.1) is 0 Å². The first-order valence-electron chi connectivity index (χ1n) is 6.54. The van der Waals surface area contributed by atoms with Crippen molar-refractivity contribution in [3.8, 4) is 0 Å². The van der Waals surface area contributed by atoms with E-state index in [9.17, 15) is 23.2 Å². The molecule has 1 heterocycles. The number of hydrogen-bond donors (Lipinski definition) is 1. The number of methoxy groups -OCH3 is 1. The molecule has 0 radical (unpaired) electrons. The Labute approximate surface area is 125 Å². The van der Waals surface area contributed by atoms with Crippen LogP contribution in [-0.4, -0.2) is 48.9 Å². The molecule has 1 atom stereocenters. The lowest BCUT2D eigenvalue weighted by Crippen LogP contribution is -2.57. The summed E-state index contributed by atoms with van der Waals surface area (Å²) in [5, 5.41) is 2.53. The molecular formula is C14H14F2N2O4. The summed E-state index contributed by atoms with van der Waals surface area (Å²) in [7, 11) is 1.16. The van der Waals surface area contributed by atoms with Gasteiger partial charge in [0.15, 0.2) is 0 Å². The van der Waals surface area contributed by atoms with Crippen LogP contribution in [0.15, 0.2) is 18.2 Å². The molecule has 1 N–H and O–H groups in total. The van der Waals surface area contributed by atoms with Crippen molar-refractivity contribution in [3.05, 3.63) is 35.4 Å². The molecule has 2 rings (SSSR count). The molecule has 8 heteroatoms. The van der Waals surface area contributed by atoms with Crippen LogP contribution in [0.2, 0.25) is 0 Å². The van der Waals surface area contributed by atoms with Gasteiger partial charge in [-0.25, -0.2) is 8.78 Å². The van der Waals surface area contributed by atoms with Gasteiger partial charge in [-0.1, -0.05) is 0 Å². The third kappa shape index (κ3) is 3.38. The average molecular weight is 312 g/mol. The van der Waals surface area contributed by atoms with Crippen LogP contribution in [0, 0.1) is 11.6 Å². The Morgan fingerprint density at radius 3 is 2.55 bits per heavy atom. The van der Waals surface area contributed by atoms with E-state index in [0.717, 1.165) is 24.1 Å². The molecule has 1 aromatic rings. The Hall–Kier alpha value is -2.51. The number of hydrogen-bond acceptors (Lipinski definition) is 4. The van der Waals surface area contributed by atoms with Crippen LogP contribution in [0.3, 0.4) is 0 Å². The van der Waals surface area contributed by atoms with Gasteiger partial charge in [0, 0.05) is 24.7 Å². The second-order valence-electron chi connectivity index (χ2n) is 4.74. The number of carbonyl (C=O) groups excluding carboxylic acids is 3. The van der Waals surface area contributed by atoms with Gasteiger partial charge in [-0.2, -0.15) is 0 Å². The van der Waals surface area contributed by atoms with Crippen LogP contribution >= 0.6 is 0 Å². The van der Waals surface area contributed by atoms with Crippen LogP contribution in [0.4, 0.5) is 8.78 Å². The summed E-state index contributed by atoms with van der Waals surface area (Å²) < 4.78 is 31.0. The Morgan fingerprint density at radius 1 is 1.32 bits per heavy atom. The molecule has 0 bridgehead atoms. The highest BCUT2D eigenvalue weighted by Crippen LogP contribution is 2.16. The van der Waals surface area contributed by atoms with Crippen LogP contribution < -0.4 is 5.32 Å². The summed E-state index contributed by atoms with van der Waals surface area (Å²) in [6.45, 7) is 0.324. The van der Waals surface area contributed by atoms with E-state index in [1.807, 2.05) is 0 Å². The number of piperazine rings is 1. The summed E-state index contributed by atoms with van der Waals surface area (Å²) in [6.07, 6.45) is -0.328. The second-order valence-corrected chi connectivity index (χ2v) is 4.74. The van der Waals surface area contributed by atoms with E-state index < -0.39 is 35.5 Å². The number of nitrogens with one attached hydrogen (secondary N) is 1. The van der Waals surface area contributed by atoms with Gasteiger partial charge in [0.2, 0.25) is 5.91 Å². The summed E-state index contributed by atoms with van der Waals surface area (Å²) in [4.78, 5) is 36.7. The minimum absolute atomic E-state index is 0.129. The molecule has 6 nitrogen and oxygen atoms in total. The first-order valence-corrected chi connectivity index (χ1v) is 6.54. The third-order valence-corrected chi connectivity index (χ3v) is 3.29. The molecule has 22 heavy (non-hydrogen) atoms. The lowest BCUT2D eigenvalue weighted by Gasteiger charge is -2.34. The lowest BCUT2D eigenvalue weighted by molar-refractivity contribution is -0.145. The quantitative estimate of drug-likeness (QED) is 0.823. The number of halogens is 2. The first-order chi connectivity index (χ1) is 10.4. The Balaban J connectivity index is 2.28. The van der Waals surface area contributed by atoms with Crippen molar-refractivity contribution in [2.24, 2.45) is 0 Å².